The summed E-state index contributed by atoms with van der Waals surface area (Å²) in [4.78, 5) is 24.4. The first-order valence-corrected chi connectivity index (χ1v) is 11.8. The number of nitrogens with zero attached hydrogens (tertiary/aromatic N) is 1. The van der Waals surface area contributed by atoms with Gasteiger partial charge < -0.3 is 10.6 Å². The van der Waals surface area contributed by atoms with E-state index < -0.39 is 22.0 Å². The van der Waals surface area contributed by atoms with Gasteiger partial charge in [-0.25, -0.2) is 8.42 Å². The zero-order valence-electron chi connectivity index (χ0n) is 18.0. The number of halogens is 1. The van der Waals surface area contributed by atoms with Gasteiger partial charge in [0.1, 0.15) is 6.04 Å². The minimum atomic E-state index is -3.84. The van der Waals surface area contributed by atoms with Crippen LogP contribution in [0.3, 0.4) is 0 Å². The number of amides is 2. The van der Waals surface area contributed by atoms with Crippen molar-refractivity contribution in [2.75, 3.05) is 17.2 Å². The summed E-state index contributed by atoms with van der Waals surface area (Å²) in [6.07, 6.45) is 1.02. The molecule has 0 aromatic heterocycles. The van der Waals surface area contributed by atoms with Crippen molar-refractivity contribution in [1.82, 2.24) is 4.31 Å². The van der Waals surface area contributed by atoms with E-state index in [1.165, 1.54) is 17.3 Å². The number of sulfonamides is 1. The van der Waals surface area contributed by atoms with Gasteiger partial charge in [0.2, 0.25) is 21.8 Å². The Morgan fingerprint density at radius 1 is 1.06 bits per heavy atom. The largest absolute Gasteiger partial charge is 0.326 e. The third-order valence-electron chi connectivity index (χ3n) is 5.23. The molecule has 0 spiro atoms. The molecule has 3 rings (SSSR count). The lowest BCUT2D eigenvalue weighted by atomic mass is 10.1. The van der Waals surface area contributed by atoms with Crippen molar-refractivity contribution in [2.45, 2.75) is 51.5 Å². The molecule has 2 amide bonds. The van der Waals surface area contributed by atoms with Crippen LogP contribution in [0.15, 0.2) is 35.2 Å². The molecule has 0 radical (unpaired) electrons. The van der Waals surface area contributed by atoms with Gasteiger partial charge in [0, 0.05) is 19.2 Å². The molecule has 2 aromatic carbocycles. The van der Waals surface area contributed by atoms with Crippen molar-refractivity contribution in [2.24, 2.45) is 0 Å². The molecule has 1 aliphatic heterocycles. The Bertz CT molecular complexity index is 1120. The number of aryl methyl sites for hydroxylation is 3. The Balaban J connectivity index is 1.85. The first-order chi connectivity index (χ1) is 14.5. The first-order valence-electron chi connectivity index (χ1n) is 9.98. The van der Waals surface area contributed by atoms with Crippen molar-refractivity contribution in [3.63, 3.8) is 0 Å². The zero-order valence-corrected chi connectivity index (χ0v) is 19.5. The maximum atomic E-state index is 13.4. The van der Waals surface area contributed by atoms with Crippen molar-refractivity contribution >= 4 is 44.8 Å². The molecule has 7 nitrogen and oxygen atoms in total. The Labute approximate surface area is 187 Å². The fourth-order valence-corrected chi connectivity index (χ4v) is 6.39. The van der Waals surface area contributed by atoms with E-state index in [0.717, 1.165) is 5.56 Å². The topological polar surface area (TPSA) is 95.6 Å². The Hall–Kier alpha value is -2.42. The van der Waals surface area contributed by atoms with E-state index in [9.17, 15) is 18.0 Å². The molecular weight excluding hydrogens is 438 g/mol. The van der Waals surface area contributed by atoms with Gasteiger partial charge in [-0.1, -0.05) is 29.3 Å². The summed E-state index contributed by atoms with van der Waals surface area (Å²) >= 11 is 6.24. The van der Waals surface area contributed by atoms with Crippen LogP contribution in [0.4, 0.5) is 11.4 Å². The van der Waals surface area contributed by atoms with Gasteiger partial charge in [0.15, 0.2) is 0 Å². The Morgan fingerprint density at radius 3 is 2.29 bits per heavy atom. The lowest BCUT2D eigenvalue weighted by Gasteiger charge is -2.25. The van der Waals surface area contributed by atoms with E-state index in [1.807, 2.05) is 19.1 Å². The molecule has 0 bridgehead atoms. The molecule has 9 heteroatoms. The number of rotatable bonds is 5. The van der Waals surface area contributed by atoms with Gasteiger partial charge in [-0.2, -0.15) is 4.31 Å². The average molecular weight is 464 g/mol. The minimum absolute atomic E-state index is 0.235. The van der Waals surface area contributed by atoms with Crippen LogP contribution in [0.25, 0.3) is 0 Å². The highest BCUT2D eigenvalue weighted by molar-refractivity contribution is 7.89. The normalized spacial score (nSPS) is 16.9. The maximum Gasteiger partial charge on any atom is 0.244 e. The Morgan fingerprint density at radius 2 is 1.71 bits per heavy atom. The zero-order chi connectivity index (χ0) is 22.9. The summed E-state index contributed by atoms with van der Waals surface area (Å²) < 4.78 is 28.2. The SMILES string of the molecule is CC(=O)Nc1ccc(NC(=O)C2CCCN2S(=O)(=O)c2c(C)cc(C)cc2C)c(Cl)c1. The standard InChI is InChI=1S/C22H26ClN3O4S/c1-13-10-14(2)21(15(3)11-13)31(29,30)26-9-5-6-20(26)22(28)25-19-8-7-17(12-18(19)23)24-16(4)27/h7-8,10-12,20H,5-6,9H2,1-4H3,(H,24,27)(H,25,28). The summed E-state index contributed by atoms with van der Waals surface area (Å²) in [5.74, 6) is -0.668. The number of hydrogen-bond acceptors (Lipinski definition) is 4. The number of nitrogens with one attached hydrogen (secondary N) is 2. The molecule has 1 heterocycles. The highest BCUT2D eigenvalue weighted by Crippen LogP contribution is 2.32. The smallest absolute Gasteiger partial charge is 0.244 e. The number of hydrogen-bond donors (Lipinski definition) is 2. The molecule has 0 aliphatic carbocycles. The number of anilines is 2. The molecule has 1 fully saturated rings. The molecule has 31 heavy (non-hydrogen) atoms. The summed E-state index contributed by atoms with van der Waals surface area (Å²) in [6, 6.07) is 7.57. The lowest BCUT2D eigenvalue weighted by Crippen LogP contribution is -2.43. The van der Waals surface area contributed by atoms with Crippen LogP contribution in [-0.2, 0) is 19.6 Å². The summed E-state index contributed by atoms with van der Waals surface area (Å²) in [5, 5.41) is 5.60. The highest BCUT2D eigenvalue weighted by Gasteiger charge is 2.40. The third-order valence-corrected chi connectivity index (χ3v) is 7.75. The summed E-state index contributed by atoms with van der Waals surface area (Å²) in [7, 11) is -3.84. The molecule has 0 saturated carbocycles. The minimum Gasteiger partial charge on any atom is -0.326 e. The van der Waals surface area contributed by atoms with Gasteiger partial charge in [-0.05, 0) is 62.9 Å². The first kappa shape index (κ1) is 23.2. The van der Waals surface area contributed by atoms with Gasteiger partial charge in [-0.15, -0.1) is 0 Å². The second kappa shape index (κ2) is 8.98. The predicted octanol–water partition coefficient (Wildman–Crippen LogP) is 4.02. The Kier molecular flexibility index (Phi) is 6.73. The van der Waals surface area contributed by atoms with E-state index in [-0.39, 0.29) is 22.4 Å². The van der Waals surface area contributed by atoms with Crippen molar-refractivity contribution in [3.8, 4) is 0 Å². The van der Waals surface area contributed by atoms with E-state index in [0.29, 0.717) is 35.3 Å². The third kappa shape index (κ3) is 4.92. The number of carbonyl (C=O) groups is 2. The number of benzene rings is 2. The fourth-order valence-electron chi connectivity index (χ4n) is 4.09. The van der Waals surface area contributed by atoms with E-state index in [4.69, 9.17) is 11.6 Å². The van der Waals surface area contributed by atoms with Crippen LogP contribution in [-0.4, -0.2) is 37.1 Å². The summed E-state index contributed by atoms with van der Waals surface area (Å²) in [5.41, 5.74) is 3.18. The van der Waals surface area contributed by atoms with Crippen LogP contribution >= 0.6 is 11.6 Å². The number of carbonyl (C=O) groups excluding carboxylic acids is 2. The van der Waals surface area contributed by atoms with Crippen LogP contribution < -0.4 is 10.6 Å². The highest BCUT2D eigenvalue weighted by atomic mass is 35.5. The molecule has 2 N–H and O–H groups in total. The van der Waals surface area contributed by atoms with E-state index in [2.05, 4.69) is 10.6 Å². The maximum absolute atomic E-state index is 13.4. The van der Waals surface area contributed by atoms with E-state index in [1.54, 1.807) is 26.0 Å². The fraction of sp³-hybridized carbons (Fsp3) is 0.364. The quantitative estimate of drug-likeness (QED) is 0.700. The molecular formula is C22H26ClN3O4S. The molecule has 166 valence electrons. The van der Waals surface area contributed by atoms with Gasteiger partial charge in [-0.3, -0.25) is 9.59 Å². The molecule has 1 unspecified atom stereocenters. The van der Waals surface area contributed by atoms with Crippen LogP contribution in [0.5, 0.6) is 0 Å². The van der Waals surface area contributed by atoms with Crippen molar-refractivity contribution in [3.05, 3.63) is 52.0 Å². The lowest BCUT2D eigenvalue weighted by molar-refractivity contribution is -0.119. The molecule has 2 aromatic rings. The van der Waals surface area contributed by atoms with Crippen molar-refractivity contribution in [1.29, 1.82) is 0 Å². The van der Waals surface area contributed by atoms with Crippen LogP contribution in [0.1, 0.15) is 36.5 Å². The van der Waals surface area contributed by atoms with E-state index >= 15 is 0 Å². The van der Waals surface area contributed by atoms with Gasteiger partial charge >= 0.3 is 0 Å². The van der Waals surface area contributed by atoms with Gasteiger partial charge in [0.05, 0.1) is 15.6 Å². The molecule has 1 aliphatic rings. The second-order valence-electron chi connectivity index (χ2n) is 7.87. The molecule has 1 atom stereocenters. The van der Waals surface area contributed by atoms with Crippen LogP contribution in [0, 0.1) is 20.8 Å². The molecule has 1 saturated heterocycles. The predicted molar refractivity (Wildman–Crippen MR) is 122 cm³/mol. The summed E-state index contributed by atoms with van der Waals surface area (Å²) in [6.45, 7) is 7.13. The van der Waals surface area contributed by atoms with Crippen LogP contribution in [0.2, 0.25) is 5.02 Å². The monoisotopic (exact) mass is 463 g/mol. The second-order valence-corrected chi connectivity index (χ2v) is 10.1. The average Bonchev–Trinajstić information content (AvgIpc) is 3.13. The van der Waals surface area contributed by atoms with Gasteiger partial charge in [0.25, 0.3) is 0 Å². The van der Waals surface area contributed by atoms with Crippen molar-refractivity contribution < 1.29 is 18.0 Å².